The van der Waals surface area contributed by atoms with Gasteiger partial charge in [0.05, 0.1) is 12.1 Å². The summed E-state index contributed by atoms with van der Waals surface area (Å²) in [5.74, 6) is 3.77. The summed E-state index contributed by atoms with van der Waals surface area (Å²) in [5, 5.41) is 8.68. The molecule has 7 heteroatoms. The van der Waals surface area contributed by atoms with Gasteiger partial charge in [0.2, 0.25) is 5.89 Å². The van der Waals surface area contributed by atoms with Crippen molar-refractivity contribution in [3.63, 3.8) is 0 Å². The average Bonchev–Trinajstić information content (AvgIpc) is 3.17. The zero-order chi connectivity index (χ0) is 20.1. The molecule has 1 aromatic heterocycles. The highest BCUT2D eigenvalue weighted by Crippen LogP contribution is 2.37. The van der Waals surface area contributed by atoms with Crippen LogP contribution >= 0.6 is 23.2 Å². The Morgan fingerprint density at radius 2 is 2.11 bits per heavy atom. The molecule has 0 spiro atoms. The molecule has 0 N–H and O–H groups in total. The fourth-order valence-corrected chi connectivity index (χ4v) is 2.98. The molecule has 0 fully saturated rings. The van der Waals surface area contributed by atoms with Crippen molar-refractivity contribution in [3.8, 4) is 35.3 Å². The van der Waals surface area contributed by atoms with Gasteiger partial charge in [-0.1, -0.05) is 46.8 Å². The van der Waals surface area contributed by atoms with Crippen LogP contribution in [0, 0.1) is 19.3 Å². The van der Waals surface area contributed by atoms with Crippen molar-refractivity contribution < 1.29 is 13.9 Å². The van der Waals surface area contributed by atoms with Gasteiger partial charge in [-0.25, -0.2) is 0 Å². The number of aryl methyl sites for hydroxylation is 1. The summed E-state index contributed by atoms with van der Waals surface area (Å²) in [7, 11) is 1.51. The van der Waals surface area contributed by atoms with E-state index in [2.05, 4.69) is 16.1 Å². The van der Waals surface area contributed by atoms with Crippen LogP contribution in [0.15, 0.2) is 40.8 Å². The lowest BCUT2D eigenvalue weighted by atomic mass is 10.1. The first-order chi connectivity index (χ1) is 13.5. The predicted molar refractivity (Wildman–Crippen MR) is 111 cm³/mol. The Hall–Kier alpha value is -2.94. The molecule has 1 heterocycles. The van der Waals surface area contributed by atoms with E-state index in [0.29, 0.717) is 28.0 Å². The molecule has 2 aromatic carbocycles. The number of terminal acetylenes is 1. The molecule has 28 heavy (non-hydrogen) atoms. The van der Waals surface area contributed by atoms with Crippen molar-refractivity contribution in [1.82, 2.24) is 10.2 Å². The Labute approximate surface area is 172 Å². The Balaban J connectivity index is 1.90. The Morgan fingerprint density at radius 3 is 2.82 bits per heavy atom. The minimum absolute atomic E-state index is 0.0791. The van der Waals surface area contributed by atoms with Gasteiger partial charge < -0.3 is 13.9 Å². The first-order valence-corrected chi connectivity index (χ1v) is 8.99. The van der Waals surface area contributed by atoms with Gasteiger partial charge in [0.1, 0.15) is 11.6 Å². The van der Waals surface area contributed by atoms with Crippen LogP contribution < -0.4 is 9.47 Å². The van der Waals surface area contributed by atoms with Gasteiger partial charge in [0.25, 0.3) is 5.89 Å². The number of nitrogens with zero attached hydrogens (tertiary/aromatic N) is 2. The maximum Gasteiger partial charge on any atom is 0.259 e. The number of aromatic nitrogens is 2. The van der Waals surface area contributed by atoms with Crippen LogP contribution in [-0.4, -0.2) is 23.9 Å². The van der Waals surface area contributed by atoms with Crippen LogP contribution in [0.3, 0.4) is 0 Å². The Kier molecular flexibility index (Phi) is 6.25. The van der Waals surface area contributed by atoms with E-state index < -0.39 is 0 Å². The molecule has 3 aromatic rings. The molecule has 0 amide bonds. The highest BCUT2D eigenvalue weighted by molar-refractivity contribution is 6.50. The van der Waals surface area contributed by atoms with E-state index in [-0.39, 0.29) is 17.5 Å². The quantitative estimate of drug-likeness (QED) is 0.501. The van der Waals surface area contributed by atoms with Gasteiger partial charge in [0, 0.05) is 5.56 Å². The summed E-state index contributed by atoms with van der Waals surface area (Å²) >= 11 is 12.6. The molecule has 5 nitrogen and oxygen atoms in total. The zero-order valence-electron chi connectivity index (χ0n) is 15.2. The van der Waals surface area contributed by atoms with E-state index in [0.717, 1.165) is 11.1 Å². The third kappa shape index (κ3) is 4.48. The minimum Gasteiger partial charge on any atom is -0.493 e. The topological polar surface area (TPSA) is 57.4 Å². The standard InChI is InChI=1S/C21H16Cl2N2O3/c1-4-8-27-19-16(22)10-14(12-18(19)26-3)11-17(23)21-25-24-20(28-21)15-7-5-6-13(2)9-15/h1,5-7,9-12H,8H2,2-3H3/b17-11-. The lowest BCUT2D eigenvalue weighted by molar-refractivity contribution is 0.331. The first kappa shape index (κ1) is 19.8. The van der Waals surface area contributed by atoms with Crippen molar-refractivity contribution in [1.29, 1.82) is 0 Å². The molecule has 3 rings (SSSR count). The SMILES string of the molecule is C#CCOc1c(Cl)cc(/C=C(\Cl)c2nnc(-c3cccc(C)c3)o2)cc1OC. The van der Waals surface area contributed by atoms with E-state index in [1.54, 1.807) is 18.2 Å². The summed E-state index contributed by atoms with van der Waals surface area (Å²) in [6, 6.07) is 11.1. The van der Waals surface area contributed by atoms with Crippen LogP contribution in [0.2, 0.25) is 5.02 Å². The number of rotatable bonds is 6. The Morgan fingerprint density at radius 1 is 1.29 bits per heavy atom. The molecule has 142 valence electrons. The van der Waals surface area contributed by atoms with Crippen LogP contribution in [0.5, 0.6) is 11.5 Å². The lowest BCUT2D eigenvalue weighted by Crippen LogP contribution is -1.98. The number of hydrogen-bond acceptors (Lipinski definition) is 5. The predicted octanol–water partition coefficient (Wildman–Crippen LogP) is 5.46. The van der Waals surface area contributed by atoms with E-state index >= 15 is 0 Å². The van der Waals surface area contributed by atoms with E-state index in [4.69, 9.17) is 43.5 Å². The monoisotopic (exact) mass is 414 g/mol. The maximum absolute atomic E-state index is 6.37. The van der Waals surface area contributed by atoms with Gasteiger partial charge in [0.15, 0.2) is 11.5 Å². The molecule has 0 bridgehead atoms. The summed E-state index contributed by atoms with van der Waals surface area (Å²) in [4.78, 5) is 0. The van der Waals surface area contributed by atoms with Gasteiger partial charge >= 0.3 is 0 Å². The molecular formula is C21H16Cl2N2O3. The van der Waals surface area contributed by atoms with Crippen molar-refractivity contribution in [2.75, 3.05) is 13.7 Å². The second-order valence-corrected chi connectivity index (χ2v) is 6.62. The molecule has 0 saturated heterocycles. The van der Waals surface area contributed by atoms with Gasteiger partial charge in [-0.2, -0.15) is 0 Å². The molecule has 0 unspecified atom stereocenters. The number of benzene rings is 2. The van der Waals surface area contributed by atoms with Crippen LogP contribution in [0.4, 0.5) is 0 Å². The van der Waals surface area contributed by atoms with Gasteiger partial charge in [-0.05, 0) is 42.8 Å². The van der Waals surface area contributed by atoms with Crippen molar-refractivity contribution in [2.45, 2.75) is 6.92 Å². The fourth-order valence-electron chi connectivity index (χ4n) is 2.50. The molecule has 0 aliphatic rings. The Bertz CT molecular complexity index is 1070. The summed E-state index contributed by atoms with van der Waals surface area (Å²) < 4.78 is 16.4. The third-order valence-corrected chi connectivity index (χ3v) is 4.29. The summed E-state index contributed by atoms with van der Waals surface area (Å²) in [6.07, 6.45) is 6.87. The second kappa shape index (κ2) is 8.83. The van der Waals surface area contributed by atoms with Gasteiger partial charge in [-0.15, -0.1) is 16.6 Å². The van der Waals surface area contributed by atoms with E-state index in [9.17, 15) is 0 Å². The van der Waals surface area contributed by atoms with Crippen molar-refractivity contribution in [2.24, 2.45) is 0 Å². The molecule has 0 atom stereocenters. The highest BCUT2D eigenvalue weighted by Gasteiger charge is 2.14. The minimum atomic E-state index is 0.0791. The number of halogens is 2. The fraction of sp³-hybridized carbons (Fsp3) is 0.143. The van der Waals surface area contributed by atoms with Crippen molar-refractivity contribution in [3.05, 3.63) is 58.4 Å². The number of ether oxygens (including phenoxy) is 2. The summed E-state index contributed by atoms with van der Waals surface area (Å²) in [6.45, 7) is 2.07. The largest absolute Gasteiger partial charge is 0.493 e. The molecular weight excluding hydrogens is 399 g/mol. The van der Waals surface area contributed by atoms with Crippen LogP contribution in [0.1, 0.15) is 17.0 Å². The van der Waals surface area contributed by atoms with E-state index in [1.807, 2.05) is 31.2 Å². The summed E-state index contributed by atoms with van der Waals surface area (Å²) in [5.41, 5.74) is 2.59. The molecule has 0 radical (unpaired) electrons. The lowest BCUT2D eigenvalue weighted by Gasteiger charge is -2.11. The number of methoxy groups -OCH3 is 1. The average molecular weight is 415 g/mol. The van der Waals surface area contributed by atoms with Crippen molar-refractivity contribution >= 4 is 34.3 Å². The highest BCUT2D eigenvalue weighted by atomic mass is 35.5. The molecule has 0 aliphatic heterocycles. The smallest absolute Gasteiger partial charge is 0.259 e. The van der Waals surface area contributed by atoms with Crippen LogP contribution in [0.25, 0.3) is 22.6 Å². The molecule has 0 aliphatic carbocycles. The van der Waals surface area contributed by atoms with E-state index in [1.165, 1.54) is 7.11 Å². The second-order valence-electron chi connectivity index (χ2n) is 5.80. The van der Waals surface area contributed by atoms with Crippen LogP contribution in [-0.2, 0) is 0 Å². The maximum atomic E-state index is 6.37. The number of hydrogen-bond donors (Lipinski definition) is 0. The van der Waals surface area contributed by atoms with Gasteiger partial charge in [-0.3, -0.25) is 0 Å². The molecule has 0 saturated carbocycles. The third-order valence-electron chi connectivity index (χ3n) is 3.74. The normalized spacial score (nSPS) is 11.2. The first-order valence-electron chi connectivity index (χ1n) is 8.23. The zero-order valence-corrected chi connectivity index (χ0v) is 16.7.